The van der Waals surface area contributed by atoms with Gasteiger partial charge in [0.15, 0.2) is 5.82 Å². The van der Waals surface area contributed by atoms with Crippen LogP contribution in [0.1, 0.15) is 18.8 Å². The first-order chi connectivity index (χ1) is 10.1. The molecule has 0 amide bonds. The fourth-order valence-corrected chi connectivity index (χ4v) is 2.14. The number of methoxy groups -OCH3 is 1. The van der Waals surface area contributed by atoms with Crippen molar-refractivity contribution < 1.29 is 9.84 Å². The molecule has 0 aliphatic carbocycles. The number of aliphatic hydroxyl groups is 1. The van der Waals surface area contributed by atoms with Gasteiger partial charge in [-0.1, -0.05) is 18.2 Å². The van der Waals surface area contributed by atoms with Crippen LogP contribution in [0, 0.1) is 0 Å². The number of ether oxygens (including phenoxy) is 1. The molecular weight excluding hydrogens is 270 g/mol. The Labute approximate surface area is 124 Å². The summed E-state index contributed by atoms with van der Waals surface area (Å²) in [7, 11) is 3.50. The molecule has 2 atom stereocenters. The van der Waals surface area contributed by atoms with E-state index in [4.69, 9.17) is 4.74 Å². The highest BCUT2D eigenvalue weighted by molar-refractivity contribution is 5.30. The molecule has 1 aromatic carbocycles. The molecule has 7 heteroatoms. The maximum atomic E-state index is 9.83. The van der Waals surface area contributed by atoms with Crippen LogP contribution >= 0.6 is 0 Å². The molecule has 0 saturated heterocycles. The van der Waals surface area contributed by atoms with E-state index in [1.165, 1.54) is 0 Å². The third-order valence-electron chi connectivity index (χ3n) is 3.39. The maximum absolute atomic E-state index is 9.83. The first kappa shape index (κ1) is 15.6. The summed E-state index contributed by atoms with van der Waals surface area (Å²) in [6.45, 7) is 2.79. The lowest BCUT2D eigenvalue weighted by Crippen LogP contribution is -2.34. The minimum absolute atomic E-state index is 0.0355. The number of aliphatic hydroxyl groups excluding tert-OH is 1. The van der Waals surface area contributed by atoms with E-state index in [1.807, 2.05) is 49.2 Å². The predicted molar refractivity (Wildman–Crippen MR) is 78.1 cm³/mol. The van der Waals surface area contributed by atoms with E-state index in [0.717, 1.165) is 11.5 Å². The lowest BCUT2D eigenvalue weighted by molar-refractivity contribution is 0.0347. The molecule has 0 aliphatic heterocycles. The standard InChI is InChI=1S/C14H21N5O2/c1-11(18(2)9-13(20)10-21-3)14-15-16-17-19(14)12-7-5-4-6-8-12/h4-8,11,13,20H,9-10H2,1-3H3. The number of tetrazole rings is 1. The summed E-state index contributed by atoms with van der Waals surface area (Å²) in [5.74, 6) is 0.730. The number of benzene rings is 1. The van der Waals surface area contributed by atoms with Gasteiger partial charge in [0.05, 0.1) is 24.4 Å². The van der Waals surface area contributed by atoms with Crippen LogP contribution in [0.2, 0.25) is 0 Å². The molecule has 0 fully saturated rings. The predicted octanol–water partition coefficient (Wildman–Crippen LogP) is 0.662. The first-order valence-electron chi connectivity index (χ1n) is 6.84. The van der Waals surface area contributed by atoms with E-state index in [-0.39, 0.29) is 6.04 Å². The van der Waals surface area contributed by atoms with E-state index >= 15 is 0 Å². The Bertz CT molecular complexity index is 545. The summed E-state index contributed by atoms with van der Waals surface area (Å²) >= 11 is 0. The van der Waals surface area contributed by atoms with E-state index in [9.17, 15) is 5.11 Å². The number of rotatable bonds is 7. The second-order valence-corrected chi connectivity index (χ2v) is 5.01. The molecule has 2 unspecified atom stereocenters. The molecule has 0 bridgehead atoms. The van der Waals surface area contributed by atoms with E-state index in [0.29, 0.717) is 13.2 Å². The quantitative estimate of drug-likeness (QED) is 0.807. The number of nitrogens with zero attached hydrogens (tertiary/aromatic N) is 5. The molecule has 0 spiro atoms. The Balaban J connectivity index is 2.13. The second-order valence-electron chi connectivity index (χ2n) is 5.01. The molecule has 0 aliphatic rings. The van der Waals surface area contributed by atoms with Crippen molar-refractivity contribution in [2.24, 2.45) is 0 Å². The fourth-order valence-electron chi connectivity index (χ4n) is 2.14. The fraction of sp³-hybridized carbons (Fsp3) is 0.500. The highest BCUT2D eigenvalue weighted by Crippen LogP contribution is 2.18. The molecule has 2 rings (SSSR count). The second kappa shape index (κ2) is 7.26. The van der Waals surface area contributed by atoms with Crippen molar-refractivity contribution in [1.82, 2.24) is 25.1 Å². The summed E-state index contributed by atoms with van der Waals surface area (Å²) in [5.41, 5.74) is 0.912. The van der Waals surface area contributed by atoms with Gasteiger partial charge in [0, 0.05) is 13.7 Å². The number of aromatic nitrogens is 4. The number of likely N-dealkylation sites (N-methyl/N-ethyl adjacent to an activating group) is 1. The van der Waals surface area contributed by atoms with Gasteiger partial charge in [0.2, 0.25) is 0 Å². The molecule has 1 N–H and O–H groups in total. The average molecular weight is 291 g/mol. The van der Waals surface area contributed by atoms with Gasteiger partial charge in [0.25, 0.3) is 0 Å². The lowest BCUT2D eigenvalue weighted by Gasteiger charge is -2.25. The van der Waals surface area contributed by atoms with Crippen LogP contribution in [0.3, 0.4) is 0 Å². The Hall–Kier alpha value is -1.83. The highest BCUT2D eigenvalue weighted by atomic mass is 16.5. The van der Waals surface area contributed by atoms with Gasteiger partial charge in [0.1, 0.15) is 0 Å². The third kappa shape index (κ3) is 3.84. The number of hydrogen-bond donors (Lipinski definition) is 1. The third-order valence-corrected chi connectivity index (χ3v) is 3.39. The summed E-state index contributed by atoms with van der Waals surface area (Å²) < 4.78 is 6.66. The van der Waals surface area contributed by atoms with Gasteiger partial charge in [-0.15, -0.1) is 5.10 Å². The number of hydrogen-bond acceptors (Lipinski definition) is 6. The van der Waals surface area contributed by atoms with Gasteiger partial charge in [-0.2, -0.15) is 4.68 Å². The van der Waals surface area contributed by atoms with Gasteiger partial charge in [-0.05, 0) is 36.5 Å². The Morgan fingerprint density at radius 3 is 2.71 bits per heavy atom. The van der Waals surface area contributed by atoms with Crippen molar-refractivity contribution in [1.29, 1.82) is 0 Å². The molecule has 7 nitrogen and oxygen atoms in total. The molecule has 0 radical (unpaired) electrons. The minimum atomic E-state index is -0.538. The SMILES string of the molecule is COCC(O)CN(C)C(C)c1nnnn1-c1ccccc1. The zero-order chi connectivity index (χ0) is 15.2. The van der Waals surface area contributed by atoms with E-state index in [1.54, 1.807) is 11.8 Å². The smallest absolute Gasteiger partial charge is 0.173 e. The first-order valence-corrected chi connectivity index (χ1v) is 6.84. The average Bonchev–Trinajstić information content (AvgIpc) is 2.96. The molecule has 114 valence electrons. The zero-order valence-electron chi connectivity index (χ0n) is 12.5. The molecule has 21 heavy (non-hydrogen) atoms. The van der Waals surface area contributed by atoms with Crippen molar-refractivity contribution in [3.05, 3.63) is 36.2 Å². The largest absolute Gasteiger partial charge is 0.389 e. The van der Waals surface area contributed by atoms with Gasteiger partial charge in [-0.3, -0.25) is 4.90 Å². The van der Waals surface area contributed by atoms with Crippen LogP contribution in [0.25, 0.3) is 5.69 Å². The molecule has 0 saturated carbocycles. The Morgan fingerprint density at radius 1 is 1.33 bits per heavy atom. The highest BCUT2D eigenvalue weighted by Gasteiger charge is 2.21. The Kier molecular flexibility index (Phi) is 5.38. The monoisotopic (exact) mass is 291 g/mol. The van der Waals surface area contributed by atoms with Crippen LogP contribution in [0.5, 0.6) is 0 Å². The molecule has 1 aromatic heterocycles. The van der Waals surface area contributed by atoms with Crippen LogP contribution in [-0.2, 0) is 4.74 Å². The molecule has 1 heterocycles. The maximum Gasteiger partial charge on any atom is 0.173 e. The van der Waals surface area contributed by atoms with E-state index < -0.39 is 6.10 Å². The zero-order valence-corrected chi connectivity index (χ0v) is 12.5. The van der Waals surface area contributed by atoms with Gasteiger partial charge >= 0.3 is 0 Å². The van der Waals surface area contributed by atoms with Crippen molar-refractivity contribution in [3.8, 4) is 5.69 Å². The van der Waals surface area contributed by atoms with Crippen LogP contribution in [0.4, 0.5) is 0 Å². The van der Waals surface area contributed by atoms with Gasteiger partial charge in [-0.25, -0.2) is 0 Å². The van der Waals surface area contributed by atoms with Crippen molar-refractivity contribution in [2.45, 2.75) is 19.1 Å². The van der Waals surface area contributed by atoms with Crippen LogP contribution in [-0.4, -0.2) is 63.6 Å². The molecule has 2 aromatic rings. The summed E-state index contributed by atoms with van der Waals surface area (Å²) in [6, 6.07) is 9.70. The van der Waals surface area contributed by atoms with Gasteiger partial charge < -0.3 is 9.84 Å². The normalized spacial score (nSPS) is 14.3. The van der Waals surface area contributed by atoms with Crippen molar-refractivity contribution in [2.75, 3.05) is 27.3 Å². The lowest BCUT2D eigenvalue weighted by atomic mass is 10.2. The van der Waals surface area contributed by atoms with Crippen molar-refractivity contribution >= 4 is 0 Å². The van der Waals surface area contributed by atoms with Crippen LogP contribution < -0.4 is 0 Å². The Morgan fingerprint density at radius 2 is 2.05 bits per heavy atom. The summed E-state index contributed by atoms with van der Waals surface area (Å²) in [6.07, 6.45) is -0.538. The summed E-state index contributed by atoms with van der Waals surface area (Å²) in [4.78, 5) is 1.99. The van der Waals surface area contributed by atoms with Crippen molar-refractivity contribution in [3.63, 3.8) is 0 Å². The topological polar surface area (TPSA) is 76.3 Å². The van der Waals surface area contributed by atoms with E-state index in [2.05, 4.69) is 15.5 Å². The van der Waals surface area contributed by atoms with Crippen LogP contribution in [0.15, 0.2) is 30.3 Å². The minimum Gasteiger partial charge on any atom is -0.389 e. The molecular formula is C14H21N5O2. The number of para-hydroxylation sites is 1. The summed E-state index contributed by atoms with van der Waals surface area (Å²) in [5, 5.41) is 21.8.